The summed E-state index contributed by atoms with van der Waals surface area (Å²) in [6, 6.07) is 12.2. The van der Waals surface area contributed by atoms with Gasteiger partial charge in [0.2, 0.25) is 10.0 Å². The number of hydrogen-bond donors (Lipinski definition) is 1. The number of benzene rings is 1. The number of hydrogen-bond acceptors (Lipinski definition) is 4. The second-order valence-corrected chi connectivity index (χ2v) is 7.77. The van der Waals surface area contributed by atoms with Crippen LogP contribution in [0.25, 0.3) is 0 Å². The number of aliphatic hydroxyl groups is 1. The van der Waals surface area contributed by atoms with E-state index in [4.69, 9.17) is 0 Å². The van der Waals surface area contributed by atoms with Crippen LogP contribution in [0.2, 0.25) is 0 Å². The minimum Gasteiger partial charge on any atom is -0.387 e. The van der Waals surface area contributed by atoms with Gasteiger partial charge >= 0.3 is 0 Å². The largest absolute Gasteiger partial charge is 0.387 e. The van der Waals surface area contributed by atoms with Crippen molar-refractivity contribution in [3.05, 3.63) is 60.4 Å². The molecule has 23 heavy (non-hydrogen) atoms. The highest BCUT2D eigenvalue weighted by Crippen LogP contribution is 2.21. The smallest absolute Gasteiger partial charge is 0.244 e. The predicted octanol–water partition coefficient (Wildman–Crippen LogP) is 2.46. The lowest BCUT2D eigenvalue weighted by molar-refractivity contribution is 0.143. The highest BCUT2D eigenvalue weighted by Gasteiger charge is 2.27. The fourth-order valence-electron chi connectivity index (χ4n) is 2.30. The Hall–Kier alpha value is -1.76. The third kappa shape index (κ3) is 4.60. The Bertz CT molecular complexity index is 703. The van der Waals surface area contributed by atoms with Crippen LogP contribution in [0.1, 0.15) is 25.5 Å². The summed E-state index contributed by atoms with van der Waals surface area (Å²) in [5, 5.41) is 10.4. The lowest BCUT2D eigenvalue weighted by atomic mass is 10.1. The molecule has 1 atom stereocenters. The minimum absolute atomic E-state index is 0.0133. The maximum Gasteiger partial charge on any atom is 0.244 e. The molecule has 0 saturated carbocycles. The first kappa shape index (κ1) is 17.6. The molecule has 0 aliphatic carbocycles. The molecule has 0 aliphatic rings. The van der Waals surface area contributed by atoms with Gasteiger partial charge in [0.25, 0.3) is 0 Å². The summed E-state index contributed by atoms with van der Waals surface area (Å²) in [7, 11) is -3.69. The van der Waals surface area contributed by atoms with Gasteiger partial charge in [-0.15, -0.1) is 0 Å². The molecule has 0 radical (unpaired) electrons. The van der Waals surface area contributed by atoms with Gasteiger partial charge in [0.05, 0.1) is 6.10 Å². The number of aliphatic hydroxyl groups excluding tert-OH is 1. The van der Waals surface area contributed by atoms with Crippen molar-refractivity contribution in [2.24, 2.45) is 5.92 Å². The molecule has 0 saturated heterocycles. The summed E-state index contributed by atoms with van der Waals surface area (Å²) in [4.78, 5) is 4.02. The summed E-state index contributed by atoms with van der Waals surface area (Å²) in [6.45, 7) is 4.24. The molecule has 1 aromatic carbocycles. The summed E-state index contributed by atoms with van der Waals surface area (Å²) >= 11 is 0. The van der Waals surface area contributed by atoms with E-state index in [2.05, 4.69) is 4.98 Å². The maximum atomic E-state index is 12.8. The van der Waals surface area contributed by atoms with Crippen molar-refractivity contribution >= 4 is 10.0 Å². The number of pyridine rings is 1. The highest BCUT2D eigenvalue weighted by atomic mass is 32.2. The third-order valence-corrected chi connectivity index (χ3v) is 5.22. The van der Waals surface area contributed by atoms with Crippen molar-refractivity contribution in [1.29, 1.82) is 0 Å². The van der Waals surface area contributed by atoms with E-state index >= 15 is 0 Å². The zero-order chi connectivity index (χ0) is 16.9. The van der Waals surface area contributed by atoms with E-state index < -0.39 is 16.1 Å². The van der Waals surface area contributed by atoms with E-state index in [9.17, 15) is 13.5 Å². The normalized spacial score (nSPS) is 13.4. The summed E-state index contributed by atoms with van der Waals surface area (Å²) in [5.74, 6) is 0.143. The molecule has 0 aliphatic heterocycles. The van der Waals surface area contributed by atoms with Crippen molar-refractivity contribution in [2.45, 2.75) is 24.8 Å². The van der Waals surface area contributed by atoms with Crippen LogP contribution in [-0.4, -0.2) is 35.9 Å². The van der Waals surface area contributed by atoms with Crippen molar-refractivity contribution in [3.63, 3.8) is 0 Å². The van der Waals surface area contributed by atoms with E-state index in [0.717, 1.165) is 0 Å². The molecule has 1 aromatic heterocycles. The van der Waals surface area contributed by atoms with E-state index in [1.54, 1.807) is 18.2 Å². The Balaban J connectivity index is 2.27. The Morgan fingerprint density at radius 3 is 2.35 bits per heavy atom. The standard InChI is InChI=1S/C17H22N2O3S/c1-14(2)12-19(13-17(20)15-7-4-3-5-8-15)23(21,22)16-9-6-10-18-11-16/h3-11,14,17,20H,12-13H2,1-2H3/t17-/m0/s1. The van der Waals surface area contributed by atoms with E-state index in [0.29, 0.717) is 12.1 Å². The monoisotopic (exact) mass is 334 g/mol. The Morgan fingerprint density at radius 2 is 1.78 bits per heavy atom. The van der Waals surface area contributed by atoms with E-state index in [1.807, 2.05) is 32.0 Å². The molecule has 5 nitrogen and oxygen atoms in total. The lowest BCUT2D eigenvalue weighted by Crippen LogP contribution is -2.37. The van der Waals surface area contributed by atoms with Gasteiger partial charge in [-0.25, -0.2) is 8.42 Å². The van der Waals surface area contributed by atoms with Crippen LogP contribution in [0.15, 0.2) is 59.8 Å². The third-order valence-electron chi connectivity index (χ3n) is 3.40. The quantitative estimate of drug-likeness (QED) is 0.844. The first-order valence-corrected chi connectivity index (χ1v) is 8.98. The second kappa shape index (κ2) is 7.68. The molecule has 1 N–H and O–H groups in total. The first-order valence-electron chi connectivity index (χ1n) is 7.54. The van der Waals surface area contributed by atoms with Crippen molar-refractivity contribution in [2.75, 3.05) is 13.1 Å². The van der Waals surface area contributed by atoms with Crippen LogP contribution in [0.5, 0.6) is 0 Å². The van der Waals surface area contributed by atoms with Gasteiger partial charge in [-0.05, 0) is 23.6 Å². The number of rotatable bonds is 7. The van der Waals surface area contributed by atoms with E-state index in [-0.39, 0.29) is 17.4 Å². The molecule has 2 aromatic rings. The van der Waals surface area contributed by atoms with Crippen LogP contribution < -0.4 is 0 Å². The van der Waals surface area contributed by atoms with Crippen LogP contribution in [0.4, 0.5) is 0 Å². The molecule has 0 unspecified atom stereocenters. The second-order valence-electron chi connectivity index (χ2n) is 5.83. The van der Waals surface area contributed by atoms with Crippen molar-refractivity contribution < 1.29 is 13.5 Å². The first-order chi connectivity index (χ1) is 10.9. The van der Waals surface area contributed by atoms with Gasteiger partial charge < -0.3 is 5.11 Å². The van der Waals surface area contributed by atoms with Gasteiger partial charge in [-0.3, -0.25) is 4.98 Å². The molecule has 6 heteroatoms. The number of nitrogens with zero attached hydrogens (tertiary/aromatic N) is 2. The van der Waals surface area contributed by atoms with Crippen LogP contribution in [0, 0.1) is 5.92 Å². The van der Waals surface area contributed by atoms with Gasteiger partial charge in [-0.2, -0.15) is 4.31 Å². The molecule has 0 amide bonds. The average Bonchev–Trinajstić information content (AvgIpc) is 2.55. The minimum atomic E-state index is -3.69. The molecule has 1 heterocycles. The Kier molecular flexibility index (Phi) is 5.87. The number of sulfonamides is 1. The summed E-state index contributed by atoms with van der Waals surface area (Å²) in [5.41, 5.74) is 0.697. The predicted molar refractivity (Wildman–Crippen MR) is 89.2 cm³/mol. The van der Waals surface area contributed by atoms with Crippen molar-refractivity contribution in [3.8, 4) is 0 Å². The van der Waals surface area contributed by atoms with Crippen LogP contribution in [-0.2, 0) is 10.0 Å². The molecule has 2 rings (SSSR count). The SMILES string of the molecule is CC(C)CN(C[C@H](O)c1ccccc1)S(=O)(=O)c1cccnc1. The van der Waals surface area contributed by atoms with Crippen LogP contribution in [0.3, 0.4) is 0 Å². The Morgan fingerprint density at radius 1 is 1.09 bits per heavy atom. The van der Waals surface area contributed by atoms with E-state index in [1.165, 1.54) is 22.8 Å². The maximum absolute atomic E-state index is 12.8. The zero-order valence-electron chi connectivity index (χ0n) is 13.3. The number of aromatic nitrogens is 1. The summed E-state index contributed by atoms with van der Waals surface area (Å²) in [6.07, 6.45) is 1.99. The molecular formula is C17H22N2O3S. The van der Waals surface area contributed by atoms with Gasteiger partial charge in [-0.1, -0.05) is 44.2 Å². The Labute approximate surface area is 137 Å². The van der Waals surface area contributed by atoms with Crippen LogP contribution >= 0.6 is 0 Å². The lowest BCUT2D eigenvalue weighted by Gasteiger charge is -2.26. The molecular weight excluding hydrogens is 312 g/mol. The molecule has 0 fully saturated rings. The van der Waals surface area contributed by atoms with Gasteiger partial charge in [0.1, 0.15) is 4.90 Å². The molecule has 0 bridgehead atoms. The zero-order valence-corrected chi connectivity index (χ0v) is 14.1. The molecule has 124 valence electrons. The fourth-order valence-corrected chi connectivity index (χ4v) is 3.87. The highest BCUT2D eigenvalue weighted by molar-refractivity contribution is 7.89. The topological polar surface area (TPSA) is 70.5 Å². The van der Waals surface area contributed by atoms with Gasteiger partial charge in [0, 0.05) is 25.5 Å². The average molecular weight is 334 g/mol. The fraction of sp³-hybridized carbons (Fsp3) is 0.353. The van der Waals surface area contributed by atoms with Gasteiger partial charge in [0.15, 0.2) is 0 Å². The molecule has 0 spiro atoms. The van der Waals surface area contributed by atoms with Crippen molar-refractivity contribution in [1.82, 2.24) is 9.29 Å². The summed E-state index contributed by atoms with van der Waals surface area (Å²) < 4.78 is 26.9.